The highest BCUT2D eigenvalue weighted by Crippen LogP contribution is 2.36. The van der Waals surface area contributed by atoms with E-state index in [1.165, 1.54) is 12.1 Å². The summed E-state index contributed by atoms with van der Waals surface area (Å²) in [5, 5.41) is 10.9. The molecule has 0 spiro atoms. The van der Waals surface area contributed by atoms with Crippen LogP contribution in [-0.4, -0.2) is 11.2 Å². The molecule has 2 rings (SSSR count). The van der Waals surface area contributed by atoms with Crippen molar-refractivity contribution in [2.45, 2.75) is 9.79 Å². The Morgan fingerprint density at radius 1 is 1.10 bits per heavy atom. The van der Waals surface area contributed by atoms with Crippen molar-refractivity contribution in [2.75, 3.05) is 0 Å². The summed E-state index contributed by atoms with van der Waals surface area (Å²) in [4.78, 5) is 20.9. The average Bonchev–Trinajstić information content (AvgIpc) is 2.43. The molecule has 0 unspecified atom stereocenters. The quantitative estimate of drug-likeness (QED) is 0.488. The van der Waals surface area contributed by atoms with E-state index in [0.717, 1.165) is 36.0 Å². The number of carbonyl (C=O) groups excluding carboxylic acids is 1. The third-order valence-electron chi connectivity index (χ3n) is 2.43. The van der Waals surface area contributed by atoms with Crippen LogP contribution in [-0.2, 0) is 0 Å². The monoisotopic (exact) mass is 295 g/mol. The molecule has 0 aliphatic rings. The summed E-state index contributed by atoms with van der Waals surface area (Å²) in [5.74, 6) is -1.31. The number of hydrogen-bond donors (Lipinski definition) is 0. The van der Waals surface area contributed by atoms with Gasteiger partial charge in [-0.15, -0.1) is 0 Å². The highest BCUT2D eigenvalue weighted by atomic mass is 32.2. The van der Waals surface area contributed by atoms with Gasteiger partial charge in [-0.1, -0.05) is 17.8 Å². The zero-order valence-electron chi connectivity index (χ0n) is 9.88. The fraction of sp³-hybridized carbons (Fsp3) is 0. The molecule has 0 bridgehead atoms. The van der Waals surface area contributed by atoms with E-state index in [1.54, 1.807) is 0 Å². The van der Waals surface area contributed by atoms with Crippen LogP contribution in [0, 0.1) is 21.7 Å². The first-order valence-electron chi connectivity index (χ1n) is 5.38. The van der Waals surface area contributed by atoms with Crippen molar-refractivity contribution in [2.24, 2.45) is 0 Å². The van der Waals surface area contributed by atoms with Gasteiger partial charge in [0.05, 0.1) is 14.7 Å². The third-order valence-corrected chi connectivity index (χ3v) is 3.53. The second kappa shape index (κ2) is 5.79. The van der Waals surface area contributed by atoms with Gasteiger partial charge in [0.15, 0.2) is 0 Å². The number of carbonyl (C=O) groups is 1. The third kappa shape index (κ3) is 3.00. The maximum atomic E-state index is 13.5. The molecule has 4 nitrogen and oxygen atoms in total. The largest absolute Gasteiger partial charge is 0.298 e. The van der Waals surface area contributed by atoms with Gasteiger partial charge in [0.25, 0.3) is 5.69 Å². The Labute approximate surface area is 116 Å². The summed E-state index contributed by atoms with van der Waals surface area (Å²) in [7, 11) is 0. The number of benzene rings is 2. The van der Waals surface area contributed by atoms with Gasteiger partial charge in [0.1, 0.15) is 17.9 Å². The predicted octanol–water partition coefficient (Wildman–Crippen LogP) is 3.84. The minimum Gasteiger partial charge on any atom is -0.298 e. The molecule has 0 atom stereocenters. The summed E-state index contributed by atoms with van der Waals surface area (Å²) < 4.78 is 26.6. The summed E-state index contributed by atoms with van der Waals surface area (Å²) in [5.41, 5.74) is -0.191. The van der Waals surface area contributed by atoms with Crippen LogP contribution in [0.15, 0.2) is 46.2 Å². The maximum Gasteiger partial charge on any atom is 0.283 e. The first-order chi connectivity index (χ1) is 9.51. The van der Waals surface area contributed by atoms with E-state index in [0.29, 0.717) is 6.29 Å². The fourth-order valence-electron chi connectivity index (χ4n) is 1.51. The Kier molecular flexibility index (Phi) is 4.09. The molecular formula is C13H7F2NO3S. The first-order valence-corrected chi connectivity index (χ1v) is 6.19. The van der Waals surface area contributed by atoms with Gasteiger partial charge in [-0.2, -0.15) is 0 Å². The molecular weight excluding hydrogens is 288 g/mol. The number of rotatable bonds is 4. The van der Waals surface area contributed by atoms with E-state index in [2.05, 4.69) is 0 Å². The summed E-state index contributed by atoms with van der Waals surface area (Å²) in [6.07, 6.45) is 0.476. The van der Waals surface area contributed by atoms with Crippen molar-refractivity contribution in [3.63, 3.8) is 0 Å². The van der Waals surface area contributed by atoms with Gasteiger partial charge in [-0.3, -0.25) is 14.9 Å². The Morgan fingerprint density at radius 2 is 1.85 bits per heavy atom. The first kappa shape index (κ1) is 14.1. The predicted molar refractivity (Wildman–Crippen MR) is 69.0 cm³/mol. The zero-order chi connectivity index (χ0) is 14.7. The van der Waals surface area contributed by atoms with Crippen LogP contribution >= 0.6 is 11.8 Å². The molecule has 0 N–H and O–H groups in total. The van der Waals surface area contributed by atoms with E-state index >= 15 is 0 Å². The lowest BCUT2D eigenvalue weighted by molar-refractivity contribution is -0.387. The molecule has 2 aromatic carbocycles. The minimum absolute atomic E-state index is 0.0630. The van der Waals surface area contributed by atoms with Gasteiger partial charge in [-0.25, -0.2) is 8.78 Å². The highest BCUT2D eigenvalue weighted by Gasteiger charge is 2.17. The van der Waals surface area contributed by atoms with Crippen LogP contribution in [0.5, 0.6) is 0 Å². The van der Waals surface area contributed by atoms with Gasteiger partial charge < -0.3 is 0 Å². The SMILES string of the molecule is O=Cc1ccc(Sc2cc(F)ccc2F)c([N+](=O)[O-])c1. The van der Waals surface area contributed by atoms with Crippen LogP contribution in [0.1, 0.15) is 10.4 Å². The van der Waals surface area contributed by atoms with Gasteiger partial charge in [0, 0.05) is 11.6 Å². The number of nitro benzene ring substituents is 1. The number of hydrogen-bond acceptors (Lipinski definition) is 4. The summed E-state index contributed by atoms with van der Waals surface area (Å²) in [6, 6.07) is 6.66. The van der Waals surface area contributed by atoms with Crippen LogP contribution in [0.2, 0.25) is 0 Å². The molecule has 0 saturated heterocycles. The molecule has 0 aliphatic heterocycles. The number of aldehydes is 1. The maximum absolute atomic E-state index is 13.5. The Morgan fingerprint density at radius 3 is 2.50 bits per heavy atom. The molecule has 2 aromatic rings. The van der Waals surface area contributed by atoms with E-state index in [4.69, 9.17) is 0 Å². The van der Waals surface area contributed by atoms with E-state index < -0.39 is 16.6 Å². The van der Waals surface area contributed by atoms with Gasteiger partial charge >= 0.3 is 0 Å². The van der Waals surface area contributed by atoms with E-state index in [9.17, 15) is 23.7 Å². The van der Waals surface area contributed by atoms with Crippen LogP contribution < -0.4 is 0 Å². The van der Waals surface area contributed by atoms with Crippen molar-refractivity contribution in [1.29, 1.82) is 0 Å². The molecule has 20 heavy (non-hydrogen) atoms. The lowest BCUT2D eigenvalue weighted by Crippen LogP contribution is -1.93. The van der Waals surface area contributed by atoms with Crippen LogP contribution in [0.3, 0.4) is 0 Å². The average molecular weight is 295 g/mol. The molecule has 0 heterocycles. The zero-order valence-corrected chi connectivity index (χ0v) is 10.7. The topological polar surface area (TPSA) is 60.2 Å². The lowest BCUT2D eigenvalue weighted by atomic mass is 10.2. The van der Waals surface area contributed by atoms with Crippen molar-refractivity contribution in [1.82, 2.24) is 0 Å². The number of halogens is 2. The molecule has 0 amide bonds. The second-order valence-corrected chi connectivity index (χ2v) is 4.86. The van der Waals surface area contributed by atoms with Crippen molar-refractivity contribution >= 4 is 23.7 Å². The minimum atomic E-state index is -0.676. The Balaban J connectivity index is 2.45. The van der Waals surface area contributed by atoms with Gasteiger partial charge in [0.2, 0.25) is 0 Å². The smallest absolute Gasteiger partial charge is 0.283 e. The molecule has 0 aliphatic carbocycles. The fourth-order valence-corrected chi connectivity index (χ4v) is 2.46. The van der Waals surface area contributed by atoms with Crippen molar-refractivity contribution in [3.8, 4) is 0 Å². The van der Waals surface area contributed by atoms with Crippen molar-refractivity contribution in [3.05, 3.63) is 63.7 Å². The summed E-state index contributed by atoms with van der Waals surface area (Å²) in [6.45, 7) is 0. The molecule has 0 aromatic heterocycles. The van der Waals surface area contributed by atoms with Gasteiger partial charge in [-0.05, 0) is 24.3 Å². The van der Waals surface area contributed by atoms with Crippen LogP contribution in [0.25, 0.3) is 0 Å². The van der Waals surface area contributed by atoms with Crippen molar-refractivity contribution < 1.29 is 18.5 Å². The molecule has 102 valence electrons. The Hall–Kier alpha value is -2.28. The highest BCUT2D eigenvalue weighted by molar-refractivity contribution is 7.99. The molecule has 0 fully saturated rings. The standard InChI is InChI=1S/C13H7F2NO3S/c14-9-2-3-10(15)13(6-9)20-12-4-1-8(7-17)5-11(12)16(18)19/h1-7H. The molecule has 0 radical (unpaired) electrons. The second-order valence-electron chi connectivity index (χ2n) is 3.78. The summed E-state index contributed by atoms with van der Waals surface area (Å²) >= 11 is 0.730. The Bertz CT molecular complexity index is 691. The van der Waals surface area contributed by atoms with Crippen LogP contribution in [0.4, 0.5) is 14.5 Å². The van der Waals surface area contributed by atoms with E-state index in [1.807, 2.05) is 0 Å². The number of nitrogens with zero attached hydrogens (tertiary/aromatic N) is 1. The normalized spacial score (nSPS) is 10.3. The lowest BCUT2D eigenvalue weighted by Gasteiger charge is -2.05. The number of nitro groups is 1. The van der Waals surface area contributed by atoms with E-state index in [-0.39, 0.29) is 21.0 Å². The molecule has 0 saturated carbocycles. The molecule has 7 heteroatoms.